The Labute approximate surface area is 101 Å². The lowest BCUT2D eigenvalue weighted by atomic mass is 10.0. The van der Waals surface area contributed by atoms with Crippen LogP contribution in [0, 0.1) is 12.7 Å². The lowest BCUT2D eigenvalue weighted by Gasteiger charge is -2.05. The molecule has 0 saturated heterocycles. The number of nitrogens with one attached hydrogen (secondary N) is 1. The first kappa shape index (κ1) is 12.2. The van der Waals surface area contributed by atoms with Crippen LogP contribution in [0.25, 0.3) is 11.3 Å². The average Bonchev–Trinajstić information content (AvgIpc) is 2.77. The second-order valence-corrected chi connectivity index (χ2v) is 3.86. The van der Waals surface area contributed by atoms with E-state index in [1.54, 1.807) is 13.0 Å². The minimum absolute atomic E-state index is 0.00717. The molecule has 0 radical (unpaired) electrons. The minimum atomic E-state index is -1.15. The second kappa shape index (κ2) is 4.56. The van der Waals surface area contributed by atoms with Gasteiger partial charge < -0.3 is 5.11 Å². The first-order valence-corrected chi connectivity index (χ1v) is 5.17. The number of hydrogen-bond acceptors (Lipinski definition) is 2. The summed E-state index contributed by atoms with van der Waals surface area (Å²) in [6.45, 7) is 0.713. The summed E-state index contributed by atoms with van der Waals surface area (Å²) in [4.78, 5) is 10.7. The fourth-order valence-corrected chi connectivity index (χ4v) is 1.67. The van der Waals surface area contributed by atoms with Gasteiger partial charge in [0.15, 0.2) is 0 Å². The maximum absolute atomic E-state index is 13.6. The summed E-state index contributed by atoms with van der Waals surface area (Å²) in [6, 6.07) is 4.01. The molecule has 0 bridgehead atoms. The van der Waals surface area contributed by atoms with Crippen LogP contribution in [-0.4, -0.2) is 21.3 Å². The molecule has 0 amide bonds. The molecule has 18 heavy (non-hydrogen) atoms. The highest BCUT2D eigenvalue weighted by atomic mass is 19.1. The van der Waals surface area contributed by atoms with Gasteiger partial charge in [-0.15, -0.1) is 0 Å². The largest absolute Gasteiger partial charge is 0.477 e. The van der Waals surface area contributed by atoms with Gasteiger partial charge in [-0.1, -0.05) is 0 Å². The van der Waals surface area contributed by atoms with Crippen molar-refractivity contribution < 1.29 is 18.7 Å². The number of rotatable bonds is 3. The first-order valence-electron chi connectivity index (χ1n) is 5.17. The van der Waals surface area contributed by atoms with Crippen LogP contribution in [0.15, 0.2) is 18.2 Å². The second-order valence-electron chi connectivity index (χ2n) is 3.86. The molecular formula is C12H10F2N2O2. The van der Waals surface area contributed by atoms with Crippen LogP contribution < -0.4 is 0 Å². The third-order valence-corrected chi connectivity index (χ3v) is 2.66. The Morgan fingerprint density at radius 1 is 1.44 bits per heavy atom. The van der Waals surface area contributed by atoms with Crippen LogP contribution in [-0.2, 0) is 6.67 Å². The molecule has 1 heterocycles. The number of carbonyl (C=O) groups is 1. The van der Waals surface area contributed by atoms with Crippen molar-refractivity contribution in [3.63, 3.8) is 0 Å². The molecule has 0 aliphatic rings. The van der Waals surface area contributed by atoms with Gasteiger partial charge in [0.05, 0.1) is 5.69 Å². The molecule has 2 rings (SSSR count). The predicted octanol–water partition coefficient (Wildman–Crippen LogP) is 2.69. The standard InChI is InChI=1S/C12H10F2N2O2/c1-6-2-7(3-9(14)8(6)5-13)10-4-11(12(17)18)16-15-10/h2-4H,5H2,1H3,(H,15,16)(H,17,18). The van der Waals surface area contributed by atoms with Crippen molar-refractivity contribution in [2.45, 2.75) is 13.6 Å². The molecule has 1 aromatic carbocycles. The van der Waals surface area contributed by atoms with E-state index in [0.717, 1.165) is 6.07 Å². The van der Waals surface area contributed by atoms with Gasteiger partial charge in [-0.25, -0.2) is 13.6 Å². The molecule has 94 valence electrons. The third-order valence-electron chi connectivity index (χ3n) is 2.66. The summed E-state index contributed by atoms with van der Waals surface area (Å²) < 4.78 is 26.1. The normalized spacial score (nSPS) is 10.6. The van der Waals surface area contributed by atoms with E-state index in [-0.39, 0.29) is 11.3 Å². The van der Waals surface area contributed by atoms with E-state index in [1.165, 1.54) is 6.07 Å². The van der Waals surface area contributed by atoms with Crippen molar-refractivity contribution >= 4 is 5.97 Å². The summed E-state index contributed by atoms with van der Waals surface area (Å²) in [7, 11) is 0. The number of aryl methyl sites for hydroxylation is 1. The van der Waals surface area contributed by atoms with Crippen molar-refractivity contribution in [1.29, 1.82) is 0 Å². The number of carboxylic acid groups (broad SMARTS) is 1. The van der Waals surface area contributed by atoms with E-state index >= 15 is 0 Å². The Morgan fingerprint density at radius 3 is 2.67 bits per heavy atom. The van der Waals surface area contributed by atoms with Crippen molar-refractivity contribution in [2.75, 3.05) is 0 Å². The molecule has 4 nitrogen and oxygen atoms in total. The molecule has 2 aromatic rings. The number of alkyl halides is 1. The van der Waals surface area contributed by atoms with Gasteiger partial charge in [0.25, 0.3) is 0 Å². The summed E-state index contributed by atoms with van der Waals surface area (Å²) in [5.41, 5.74) is 1.10. The van der Waals surface area contributed by atoms with Crippen LogP contribution in [0.5, 0.6) is 0 Å². The number of aromatic amines is 1. The maximum atomic E-state index is 13.6. The van der Waals surface area contributed by atoms with Crippen molar-refractivity contribution in [3.05, 3.63) is 40.8 Å². The van der Waals surface area contributed by atoms with E-state index in [9.17, 15) is 13.6 Å². The maximum Gasteiger partial charge on any atom is 0.353 e. The molecular weight excluding hydrogens is 242 g/mol. The highest BCUT2D eigenvalue weighted by molar-refractivity contribution is 5.86. The van der Waals surface area contributed by atoms with Gasteiger partial charge in [0.1, 0.15) is 18.2 Å². The third kappa shape index (κ3) is 2.09. The Hall–Kier alpha value is -2.24. The molecule has 0 fully saturated rings. The number of carboxylic acids is 1. The zero-order chi connectivity index (χ0) is 13.3. The monoisotopic (exact) mass is 252 g/mol. The molecule has 6 heteroatoms. The Kier molecular flexibility index (Phi) is 3.10. The molecule has 1 aromatic heterocycles. The van der Waals surface area contributed by atoms with Crippen LogP contribution >= 0.6 is 0 Å². The van der Waals surface area contributed by atoms with E-state index < -0.39 is 18.5 Å². The number of nitrogens with zero attached hydrogens (tertiary/aromatic N) is 1. The molecule has 0 aliphatic carbocycles. The molecule has 0 aliphatic heterocycles. The van der Waals surface area contributed by atoms with Crippen LogP contribution in [0.3, 0.4) is 0 Å². The number of benzene rings is 1. The van der Waals surface area contributed by atoms with E-state index in [1.807, 2.05) is 0 Å². The lowest BCUT2D eigenvalue weighted by Crippen LogP contribution is -1.95. The van der Waals surface area contributed by atoms with Crippen molar-refractivity contribution in [1.82, 2.24) is 10.2 Å². The van der Waals surface area contributed by atoms with Gasteiger partial charge in [-0.05, 0) is 30.7 Å². The van der Waals surface area contributed by atoms with Crippen LogP contribution in [0.4, 0.5) is 8.78 Å². The van der Waals surface area contributed by atoms with E-state index in [0.29, 0.717) is 16.8 Å². The highest BCUT2D eigenvalue weighted by Crippen LogP contribution is 2.24. The highest BCUT2D eigenvalue weighted by Gasteiger charge is 2.13. The molecule has 0 unspecified atom stereocenters. The predicted molar refractivity (Wildman–Crippen MR) is 60.5 cm³/mol. The van der Waals surface area contributed by atoms with Crippen molar-refractivity contribution in [2.24, 2.45) is 0 Å². The Balaban J connectivity index is 2.47. The van der Waals surface area contributed by atoms with Gasteiger partial charge >= 0.3 is 5.97 Å². The quantitative estimate of drug-likeness (QED) is 0.882. The topological polar surface area (TPSA) is 66.0 Å². The molecule has 0 atom stereocenters. The van der Waals surface area contributed by atoms with Gasteiger partial charge in [-0.2, -0.15) is 5.10 Å². The fraction of sp³-hybridized carbons (Fsp3) is 0.167. The summed E-state index contributed by atoms with van der Waals surface area (Å²) in [6.07, 6.45) is 0. The average molecular weight is 252 g/mol. The van der Waals surface area contributed by atoms with Crippen LogP contribution in [0.2, 0.25) is 0 Å². The number of aromatic nitrogens is 2. The Bertz CT molecular complexity index is 585. The zero-order valence-corrected chi connectivity index (χ0v) is 9.50. The number of H-pyrrole nitrogens is 1. The zero-order valence-electron chi connectivity index (χ0n) is 9.50. The lowest BCUT2D eigenvalue weighted by molar-refractivity contribution is 0.0690. The van der Waals surface area contributed by atoms with Gasteiger partial charge in [-0.3, -0.25) is 5.10 Å². The Morgan fingerprint density at radius 2 is 2.17 bits per heavy atom. The number of hydrogen-bond donors (Lipinski definition) is 2. The minimum Gasteiger partial charge on any atom is -0.477 e. The van der Waals surface area contributed by atoms with E-state index in [4.69, 9.17) is 5.11 Å². The summed E-state index contributed by atoms with van der Waals surface area (Å²) >= 11 is 0. The van der Waals surface area contributed by atoms with Gasteiger partial charge in [0, 0.05) is 11.1 Å². The van der Waals surface area contributed by atoms with Crippen LogP contribution in [0.1, 0.15) is 21.6 Å². The summed E-state index contributed by atoms with van der Waals surface area (Å²) in [5.74, 6) is -1.81. The number of aromatic carboxylic acids is 1. The van der Waals surface area contributed by atoms with Crippen molar-refractivity contribution in [3.8, 4) is 11.3 Å². The molecule has 0 spiro atoms. The van der Waals surface area contributed by atoms with Gasteiger partial charge in [0.2, 0.25) is 0 Å². The smallest absolute Gasteiger partial charge is 0.353 e. The van der Waals surface area contributed by atoms with E-state index in [2.05, 4.69) is 10.2 Å². The fourth-order valence-electron chi connectivity index (χ4n) is 1.67. The number of halogens is 2. The molecule has 2 N–H and O–H groups in total. The SMILES string of the molecule is Cc1cc(-c2cc(C(=O)O)[nH]n2)cc(F)c1CF. The summed E-state index contributed by atoms with van der Waals surface area (Å²) in [5, 5.41) is 14.8. The first-order chi connectivity index (χ1) is 8.52. The molecule has 0 saturated carbocycles.